The molecule has 4 aromatic carbocycles. The van der Waals surface area contributed by atoms with Crippen molar-refractivity contribution in [3.63, 3.8) is 0 Å². The van der Waals surface area contributed by atoms with Crippen LogP contribution in [0.4, 0.5) is 15.0 Å². The van der Waals surface area contributed by atoms with Gasteiger partial charge in [0.25, 0.3) is 0 Å². The average molecular weight is 664 g/mol. The Morgan fingerprint density at radius 3 is 1.73 bits per heavy atom. The second-order valence-corrected chi connectivity index (χ2v) is 11.1. The van der Waals surface area contributed by atoms with Gasteiger partial charge in [0, 0.05) is 0 Å². The van der Waals surface area contributed by atoms with Gasteiger partial charge in [0.15, 0.2) is 36.2 Å². The lowest BCUT2D eigenvalue weighted by Gasteiger charge is -2.24. The first-order chi connectivity index (χ1) is 23.8. The Morgan fingerprint density at radius 2 is 1.22 bits per heavy atom. The van der Waals surface area contributed by atoms with E-state index in [0.717, 1.165) is 10.8 Å². The van der Waals surface area contributed by atoms with Crippen LogP contribution in [0.3, 0.4) is 0 Å². The van der Waals surface area contributed by atoms with Crippen molar-refractivity contribution in [3.8, 4) is 0 Å². The number of hydrogen-bond donors (Lipinski definition) is 1. The molecule has 4 atom stereocenters. The fourth-order valence-electron chi connectivity index (χ4n) is 5.38. The number of carbonyl (C=O) groups is 3. The maximum Gasteiger partial charge on any atom is 0.413 e. The number of nitrogens with one attached hydrogen (secondary N) is 1. The fourth-order valence-corrected chi connectivity index (χ4v) is 5.38. The van der Waals surface area contributed by atoms with Crippen molar-refractivity contribution in [2.75, 3.05) is 5.32 Å². The lowest BCUT2D eigenvalue weighted by molar-refractivity contribution is -0.0513. The van der Waals surface area contributed by atoms with Crippen molar-refractivity contribution in [2.45, 2.75) is 37.6 Å². The molecular formula is C37H30FN3O8. The Hall–Kier alpha value is -6.14. The van der Waals surface area contributed by atoms with Gasteiger partial charge in [-0.15, -0.1) is 0 Å². The molecule has 1 aliphatic rings. The summed E-state index contributed by atoms with van der Waals surface area (Å²) in [6.45, 7) is 1.56. The summed E-state index contributed by atoms with van der Waals surface area (Å²) in [5, 5.41) is 2.21. The summed E-state index contributed by atoms with van der Waals surface area (Å²) in [6, 6.07) is 34.1. The van der Waals surface area contributed by atoms with Gasteiger partial charge in [0.1, 0.15) is 0 Å². The molecule has 1 N–H and O–H groups in total. The van der Waals surface area contributed by atoms with Gasteiger partial charge in [-0.2, -0.15) is 4.98 Å². The molecule has 12 heteroatoms. The van der Waals surface area contributed by atoms with Crippen LogP contribution in [0, 0.1) is 5.82 Å². The molecule has 1 fully saturated rings. The lowest BCUT2D eigenvalue weighted by atomic mass is 10.0. The summed E-state index contributed by atoms with van der Waals surface area (Å²) in [5.41, 5.74) is 0.707. The molecule has 0 bridgehead atoms. The van der Waals surface area contributed by atoms with Gasteiger partial charge < -0.3 is 18.9 Å². The van der Waals surface area contributed by atoms with Crippen LogP contribution in [0.2, 0.25) is 0 Å². The van der Waals surface area contributed by atoms with Crippen molar-refractivity contribution in [1.29, 1.82) is 0 Å². The number of ether oxygens (including phenoxy) is 4. The smallest absolute Gasteiger partial charge is 0.413 e. The van der Waals surface area contributed by atoms with E-state index in [0.29, 0.717) is 11.1 Å². The molecule has 0 saturated carbocycles. The van der Waals surface area contributed by atoms with Gasteiger partial charge in [-0.3, -0.25) is 9.88 Å². The van der Waals surface area contributed by atoms with Gasteiger partial charge in [0.05, 0.1) is 23.4 Å². The third-order valence-electron chi connectivity index (χ3n) is 7.76. The van der Waals surface area contributed by atoms with E-state index in [4.69, 9.17) is 18.9 Å². The molecule has 1 aromatic heterocycles. The molecule has 248 valence electrons. The van der Waals surface area contributed by atoms with Crippen LogP contribution >= 0.6 is 0 Å². The third-order valence-corrected chi connectivity index (χ3v) is 7.76. The zero-order valence-corrected chi connectivity index (χ0v) is 26.0. The predicted octanol–water partition coefficient (Wildman–Crippen LogP) is 6.09. The third kappa shape index (κ3) is 7.55. The zero-order valence-electron chi connectivity index (χ0n) is 26.0. The standard InChI is InChI=1S/C37H30FN3O8/c1-23-29(47-34(42)26-18-10-4-11-19-26)31(48-35(43)27-20-12-5-13-21-27)33(46-23)41-22-28(38)32(39-36(41)44)40-37(45)49-30(24-14-6-2-7-15-24)25-16-8-3-9-17-25/h2-23,29-31,33H,1H3,(H,39,40,44,45)/t23-,29-,31-,33-/m1/s1. The molecule has 0 aliphatic carbocycles. The molecule has 11 nitrogen and oxygen atoms in total. The molecule has 0 radical (unpaired) electrons. The zero-order chi connectivity index (χ0) is 34.3. The second kappa shape index (κ2) is 14.7. The van der Waals surface area contributed by atoms with Crippen LogP contribution in [-0.2, 0) is 18.9 Å². The van der Waals surface area contributed by atoms with Gasteiger partial charge in [-0.1, -0.05) is 97.1 Å². The first-order valence-electron chi connectivity index (χ1n) is 15.3. The van der Waals surface area contributed by atoms with Gasteiger partial charge >= 0.3 is 23.7 Å². The normalized spacial score (nSPS) is 18.4. The molecule has 0 unspecified atom stereocenters. The summed E-state index contributed by atoms with van der Waals surface area (Å²) in [6.07, 6.45) is -6.08. The summed E-state index contributed by atoms with van der Waals surface area (Å²) >= 11 is 0. The first-order valence-corrected chi connectivity index (χ1v) is 15.3. The van der Waals surface area contributed by atoms with Crippen molar-refractivity contribution in [1.82, 2.24) is 9.55 Å². The van der Waals surface area contributed by atoms with E-state index in [2.05, 4.69) is 10.3 Å². The maximum atomic E-state index is 15.6. The van der Waals surface area contributed by atoms with Crippen LogP contribution in [0.1, 0.15) is 51.1 Å². The Kier molecular flexibility index (Phi) is 9.86. The number of nitrogens with zero attached hydrogens (tertiary/aromatic N) is 2. The quantitative estimate of drug-likeness (QED) is 0.147. The Balaban J connectivity index is 1.25. The topological polar surface area (TPSA) is 135 Å². The van der Waals surface area contributed by atoms with Crippen LogP contribution in [0.15, 0.2) is 132 Å². The molecule has 2 heterocycles. The highest BCUT2D eigenvalue weighted by atomic mass is 19.1. The van der Waals surface area contributed by atoms with Crippen molar-refractivity contribution >= 4 is 23.8 Å². The summed E-state index contributed by atoms with van der Waals surface area (Å²) < 4.78 is 39.4. The highest BCUT2D eigenvalue weighted by molar-refractivity contribution is 5.90. The minimum absolute atomic E-state index is 0.188. The van der Waals surface area contributed by atoms with Gasteiger partial charge in [-0.25, -0.2) is 23.6 Å². The summed E-state index contributed by atoms with van der Waals surface area (Å²) in [7, 11) is 0. The number of hydrogen-bond acceptors (Lipinski definition) is 9. The lowest BCUT2D eigenvalue weighted by Crippen LogP contribution is -2.41. The molecule has 1 aliphatic heterocycles. The molecule has 1 amide bonds. The largest absolute Gasteiger partial charge is 0.452 e. The number of aromatic nitrogens is 2. The molecule has 1 saturated heterocycles. The van der Waals surface area contributed by atoms with E-state index >= 15 is 4.39 Å². The van der Waals surface area contributed by atoms with Crippen molar-refractivity contribution < 1.29 is 37.7 Å². The number of amides is 1. The SMILES string of the molecule is C[C@H]1O[C@@H](n2cc(F)c(NC(=O)OC(c3ccccc3)c3ccccc3)nc2=O)[C@H](OC(=O)c2ccccc2)[C@@H]1OC(=O)c1ccccc1. The minimum atomic E-state index is -1.45. The van der Waals surface area contributed by atoms with Crippen molar-refractivity contribution in [3.05, 3.63) is 166 Å². The maximum absolute atomic E-state index is 15.6. The van der Waals surface area contributed by atoms with E-state index in [1.165, 1.54) is 12.1 Å². The van der Waals surface area contributed by atoms with E-state index in [1.54, 1.807) is 104 Å². The molecule has 6 rings (SSSR count). The number of rotatable bonds is 9. The Bertz CT molecular complexity index is 1940. The predicted molar refractivity (Wildman–Crippen MR) is 174 cm³/mol. The molecular weight excluding hydrogens is 633 g/mol. The highest BCUT2D eigenvalue weighted by Gasteiger charge is 2.49. The second-order valence-electron chi connectivity index (χ2n) is 11.1. The Labute approximate surface area is 279 Å². The van der Waals surface area contributed by atoms with Crippen LogP contribution in [0.25, 0.3) is 0 Å². The first kappa shape index (κ1) is 32.8. The number of anilines is 1. The minimum Gasteiger partial charge on any atom is -0.452 e. The van der Waals surface area contributed by atoms with E-state index < -0.39 is 66.0 Å². The van der Waals surface area contributed by atoms with E-state index in [9.17, 15) is 19.2 Å². The summed E-state index contributed by atoms with van der Waals surface area (Å²) in [5.74, 6) is -3.31. The average Bonchev–Trinajstić information content (AvgIpc) is 3.43. The van der Waals surface area contributed by atoms with Crippen LogP contribution in [-0.4, -0.2) is 45.9 Å². The number of carbonyl (C=O) groups excluding carboxylic acids is 3. The van der Waals surface area contributed by atoms with Gasteiger partial charge in [-0.05, 0) is 42.3 Å². The van der Waals surface area contributed by atoms with Crippen LogP contribution < -0.4 is 11.0 Å². The number of halogens is 1. The monoisotopic (exact) mass is 663 g/mol. The molecule has 49 heavy (non-hydrogen) atoms. The Morgan fingerprint density at radius 1 is 0.755 bits per heavy atom. The summed E-state index contributed by atoms with van der Waals surface area (Å²) in [4.78, 5) is 56.2. The number of esters is 2. The van der Waals surface area contributed by atoms with Crippen molar-refractivity contribution in [2.24, 2.45) is 0 Å². The number of benzene rings is 4. The van der Waals surface area contributed by atoms with E-state index in [-0.39, 0.29) is 11.1 Å². The fraction of sp³-hybridized carbons (Fsp3) is 0.162. The van der Waals surface area contributed by atoms with Crippen LogP contribution in [0.5, 0.6) is 0 Å². The highest BCUT2D eigenvalue weighted by Crippen LogP contribution is 2.34. The molecule has 5 aromatic rings. The van der Waals surface area contributed by atoms with E-state index in [1.807, 2.05) is 12.1 Å². The molecule has 0 spiro atoms. The van der Waals surface area contributed by atoms with Gasteiger partial charge in [0.2, 0.25) is 0 Å².